The summed E-state index contributed by atoms with van der Waals surface area (Å²) >= 11 is 0. The summed E-state index contributed by atoms with van der Waals surface area (Å²) in [4.78, 5) is 4.85. The van der Waals surface area contributed by atoms with Gasteiger partial charge in [0.25, 0.3) is 0 Å². The fraction of sp³-hybridized carbons (Fsp3) is 0.273. The predicted molar refractivity (Wildman–Crippen MR) is 103 cm³/mol. The number of pyridine rings is 1. The molecule has 1 heterocycles. The van der Waals surface area contributed by atoms with E-state index in [1.54, 1.807) is 13.0 Å². The van der Waals surface area contributed by atoms with Gasteiger partial charge in [0, 0.05) is 11.1 Å². The number of hydrogen-bond acceptors (Lipinski definition) is 3. The first-order valence-corrected chi connectivity index (χ1v) is 8.54. The van der Waals surface area contributed by atoms with Gasteiger partial charge in [-0.05, 0) is 56.5 Å². The molecule has 0 aliphatic heterocycles. The standard InChI is InChI=1S/C22H24N2O/c1-5-8-15(3)19(6-2)21-12-11-20(16(4)25)22(24-21)18-10-7-9-17(13-18)14-23/h5,7-13,16,25H,6H2,1-4H3/b8-5-,19-15-. The first-order chi connectivity index (χ1) is 12.0. The van der Waals surface area contributed by atoms with Crippen LogP contribution in [0.2, 0.25) is 0 Å². The van der Waals surface area contributed by atoms with Crippen LogP contribution in [-0.4, -0.2) is 10.1 Å². The van der Waals surface area contributed by atoms with E-state index in [9.17, 15) is 5.11 Å². The molecule has 0 aliphatic rings. The predicted octanol–water partition coefficient (Wildman–Crippen LogP) is 5.43. The highest BCUT2D eigenvalue weighted by Crippen LogP contribution is 2.30. The minimum absolute atomic E-state index is 0.581. The maximum absolute atomic E-state index is 10.1. The quantitative estimate of drug-likeness (QED) is 0.742. The second kappa shape index (κ2) is 8.41. The van der Waals surface area contributed by atoms with Crippen LogP contribution in [0.15, 0.2) is 54.1 Å². The van der Waals surface area contributed by atoms with Crippen molar-refractivity contribution < 1.29 is 5.11 Å². The number of nitrogens with zero attached hydrogens (tertiary/aromatic N) is 2. The Morgan fingerprint density at radius 3 is 2.68 bits per heavy atom. The number of hydrogen-bond donors (Lipinski definition) is 1. The Morgan fingerprint density at radius 2 is 2.08 bits per heavy atom. The van der Waals surface area contributed by atoms with Crippen LogP contribution < -0.4 is 0 Å². The van der Waals surface area contributed by atoms with Gasteiger partial charge >= 0.3 is 0 Å². The van der Waals surface area contributed by atoms with Crippen LogP contribution in [0, 0.1) is 11.3 Å². The van der Waals surface area contributed by atoms with E-state index in [4.69, 9.17) is 10.2 Å². The first-order valence-electron chi connectivity index (χ1n) is 8.54. The van der Waals surface area contributed by atoms with Crippen LogP contribution >= 0.6 is 0 Å². The minimum Gasteiger partial charge on any atom is -0.389 e. The maximum atomic E-state index is 10.1. The van der Waals surface area contributed by atoms with E-state index in [-0.39, 0.29) is 0 Å². The Balaban J connectivity index is 2.69. The van der Waals surface area contributed by atoms with Crippen molar-refractivity contribution in [3.63, 3.8) is 0 Å². The van der Waals surface area contributed by atoms with E-state index in [2.05, 4.69) is 26.0 Å². The third kappa shape index (κ3) is 4.23. The van der Waals surface area contributed by atoms with Crippen molar-refractivity contribution >= 4 is 5.57 Å². The Labute approximate surface area is 150 Å². The van der Waals surface area contributed by atoms with Crippen molar-refractivity contribution in [3.8, 4) is 17.3 Å². The smallest absolute Gasteiger partial charge is 0.0991 e. The maximum Gasteiger partial charge on any atom is 0.0991 e. The number of benzene rings is 1. The molecule has 2 rings (SSSR count). The number of aliphatic hydroxyl groups is 1. The molecule has 0 spiro atoms. The van der Waals surface area contributed by atoms with Crippen LogP contribution in [0.4, 0.5) is 0 Å². The summed E-state index contributed by atoms with van der Waals surface area (Å²) in [6.45, 7) is 7.93. The number of allylic oxidation sites excluding steroid dienone is 4. The van der Waals surface area contributed by atoms with Gasteiger partial charge in [-0.15, -0.1) is 0 Å². The summed E-state index contributed by atoms with van der Waals surface area (Å²) in [7, 11) is 0. The van der Waals surface area contributed by atoms with Gasteiger partial charge < -0.3 is 5.11 Å². The van der Waals surface area contributed by atoms with Crippen molar-refractivity contribution in [1.82, 2.24) is 4.98 Å². The third-order valence-electron chi connectivity index (χ3n) is 4.20. The molecule has 3 heteroatoms. The van der Waals surface area contributed by atoms with E-state index >= 15 is 0 Å². The van der Waals surface area contributed by atoms with Crippen LogP contribution in [-0.2, 0) is 0 Å². The first kappa shape index (κ1) is 18.6. The summed E-state index contributed by atoms with van der Waals surface area (Å²) in [5.41, 5.74) is 6.17. The highest BCUT2D eigenvalue weighted by Gasteiger charge is 2.15. The molecule has 1 aromatic carbocycles. The van der Waals surface area contributed by atoms with Crippen LogP contribution in [0.25, 0.3) is 16.8 Å². The largest absolute Gasteiger partial charge is 0.389 e. The molecule has 2 aromatic rings. The van der Waals surface area contributed by atoms with Crippen LogP contribution in [0.5, 0.6) is 0 Å². The average Bonchev–Trinajstić information content (AvgIpc) is 2.62. The van der Waals surface area contributed by atoms with E-state index in [1.165, 1.54) is 11.1 Å². The van der Waals surface area contributed by atoms with Crippen LogP contribution in [0.1, 0.15) is 57.0 Å². The highest BCUT2D eigenvalue weighted by atomic mass is 16.3. The molecule has 0 saturated carbocycles. The summed E-state index contributed by atoms with van der Waals surface area (Å²) in [5, 5.41) is 19.3. The highest BCUT2D eigenvalue weighted by molar-refractivity contribution is 5.72. The van der Waals surface area contributed by atoms with E-state index < -0.39 is 6.10 Å². The Bertz CT molecular complexity index is 855. The summed E-state index contributed by atoms with van der Waals surface area (Å²) in [6.07, 6.45) is 4.34. The van der Waals surface area contributed by atoms with E-state index in [0.717, 1.165) is 28.9 Å². The van der Waals surface area contributed by atoms with Crippen LogP contribution in [0.3, 0.4) is 0 Å². The zero-order chi connectivity index (χ0) is 18.4. The molecule has 25 heavy (non-hydrogen) atoms. The van der Waals surface area contributed by atoms with Gasteiger partial charge in [0.1, 0.15) is 0 Å². The van der Waals surface area contributed by atoms with Gasteiger partial charge in [-0.3, -0.25) is 0 Å². The van der Waals surface area contributed by atoms with Crippen molar-refractivity contribution in [3.05, 3.63) is 70.9 Å². The second-order valence-corrected chi connectivity index (χ2v) is 6.02. The van der Waals surface area contributed by atoms with Gasteiger partial charge in [0.05, 0.1) is 29.1 Å². The average molecular weight is 332 g/mol. The van der Waals surface area contributed by atoms with Crippen molar-refractivity contribution in [2.45, 2.75) is 40.2 Å². The summed E-state index contributed by atoms with van der Waals surface area (Å²) < 4.78 is 0. The van der Waals surface area contributed by atoms with Gasteiger partial charge in [-0.25, -0.2) is 4.98 Å². The van der Waals surface area contributed by atoms with E-state index in [1.807, 2.05) is 43.3 Å². The Morgan fingerprint density at radius 1 is 1.32 bits per heavy atom. The monoisotopic (exact) mass is 332 g/mol. The number of rotatable bonds is 5. The molecule has 0 saturated heterocycles. The lowest BCUT2D eigenvalue weighted by Gasteiger charge is -2.15. The lowest BCUT2D eigenvalue weighted by molar-refractivity contribution is 0.199. The Kier molecular flexibility index (Phi) is 6.27. The molecule has 0 amide bonds. The molecule has 1 unspecified atom stereocenters. The molecule has 1 aromatic heterocycles. The fourth-order valence-electron chi connectivity index (χ4n) is 2.95. The lowest BCUT2D eigenvalue weighted by Crippen LogP contribution is -2.01. The van der Waals surface area contributed by atoms with Crippen molar-refractivity contribution in [2.75, 3.05) is 0 Å². The lowest BCUT2D eigenvalue weighted by atomic mass is 9.97. The fourth-order valence-corrected chi connectivity index (χ4v) is 2.95. The second-order valence-electron chi connectivity index (χ2n) is 6.02. The molecule has 3 nitrogen and oxygen atoms in total. The summed E-state index contributed by atoms with van der Waals surface area (Å²) in [6, 6.07) is 13.4. The topological polar surface area (TPSA) is 56.9 Å². The summed E-state index contributed by atoms with van der Waals surface area (Å²) in [5.74, 6) is 0. The molecule has 1 N–H and O–H groups in total. The number of aliphatic hydroxyl groups excluding tert-OH is 1. The molecule has 0 aliphatic carbocycles. The Hall–Kier alpha value is -2.70. The molecule has 0 bridgehead atoms. The molecule has 0 radical (unpaired) electrons. The minimum atomic E-state index is -0.631. The normalized spacial score (nSPS) is 13.4. The number of aromatic nitrogens is 1. The third-order valence-corrected chi connectivity index (χ3v) is 4.20. The zero-order valence-corrected chi connectivity index (χ0v) is 15.2. The molecule has 1 atom stereocenters. The van der Waals surface area contributed by atoms with Gasteiger partial charge in [-0.1, -0.05) is 37.3 Å². The van der Waals surface area contributed by atoms with Gasteiger partial charge in [-0.2, -0.15) is 5.26 Å². The molecular weight excluding hydrogens is 308 g/mol. The van der Waals surface area contributed by atoms with Crippen molar-refractivity contribution in [1.29, 1.82) is 5.26 Å². The van der Waals surface area contributed by atoms with E-state index in [0.29, 0.717) is 5.56 Å². The molecule has 128 valence electrons. The molecule has 0 fully saturated rings. The molecular formula is C22H24N2O. The van der Waals surface area contributed by atoms with Gasteiger partial charge in [0.2, 0.25) is 0 Å². The zero-order valence-electron chi connectivity index (χ0n) is 15.2. The number of nitriles is 1. The van der Waals surface area contributed by atoms with Gasteiger partial charge in [0.15, 0.2) is 0 Å². The SMILES string of the molecule is C/C=C\C(C)=C(\CC)c1ccc(C(C)O)c(-c2cccc(C#N)c2)n1. The van der Waals surface area contributed by atoms with Crippen molar-refractivity contribution in [2.24, 2.45) is 0 Å².